The monoisotopic (exact) mass is 324 g/mol. The number of nitrogens with zero attached hydrogens (tertiary/aromatic N) is 3. The Labute approximate surface area is 137 Å². The number of likely N-dealkylation sites (N-methyl/N-ethyl adjacent to an activating group) is 2. The minimum Gasteiger partial charge on any atom is -0.384 e. The first-order valence-electron chi connectivity index (χ1n) is 8.26. The molecule has 0 spiro atoms. The van der Waals surface area contributed by atoms with Crippen LogP contribution in [0.15, 0.2) is 15.4 Å². The number of hydrogen-bond donors (Lipinski definition) is 1. The van der Waals surface area contributed by atoms with Crippen LogP contribution < -0.4 is 5.56 Å². The van der Waals surface area contributed by atoms with Crippen molar-refractivity contribution in [3.63, 3.8) is 0 Å². The van der Waals surface area contributed by atoms with Gasteiger partial charge in [-0.3, -0.25) is 9.59 Å². The van der Waals surface area contributed by atoms with E-state index in [-0.39, 0.29) is 11.5 Å². The van der Waals surface area contributed by atoms with E-state index in [0.717, 1.165) is 39.0 Å². The molecule has 23 heavy (non-hydrogen) atoms. The molecule has 1 aliphatic rings. The zero-order valence-corrected chi connectivity index (χ0v) is 14.4. The lowest BCUT2D eigenvalue weighted by molar-refractivity contribution is -0.133. The van der Waals surface area contributed by atoms with E-state index in [4.69, 9.17) is 4.52 Å². The number of aromatic amines is 1. The molecular formula is C16H28N4O3. The van der Waals surface area contributed by atoms with Crippen molar-refractivity contribution < 1.29 is 9.32 Å². The lowest BCUT2D eigenvalue weighted by Gasteiger charge is -2.38. The number of likely N-dealkylation sites (tertiary alicyclic amines) is 1. The number of carbonyl (C=O) groups excluding carboxylic acids is 1. The molecule has 0 saturated carbocycles. The summed E-state index contributed by atoms with van der Waals surface area (Å²) in [5, 5.41) is 2.25. The van der Waals surface area contributed by atoms with E-state index >= 15 is 0 Å². The quantitative estimate of drug-likeness (QED) is 0.785. The lowest BCUT2D eigenvalue weighted by Crippen LogP contribution is -2.49. The smallest absolute Gasteiger partial charge is 0.280 e. The van der Waals surface area contributed by atoms with Crippen molar-refractivity contribution in [1.82, 2.24) is 19.9 Å². The van der Waals surface area contributed by atoms with Crippen LogP contribution in [-0.2, 0) is 11.2 Å². The van der Waals surface area contributed by atoms with Gasteiger partial charge in [-0.15, -0.1) is 0 Å². The highest BCUT2D eigenvalue weighted by Gasteiger charge is 2.26. The summed E-state index contributed by atoms with van der Waals surface area (Å²) in [5.74, 6) is 0.680. The third-order valence-electron chi connectivity index (χ3n) is 4.43. The highest BCUT2D eigenvalue weighted by atomic mass is 16.5. The normalized spacial score (nSPS) is 18.8. The van der Waals surface area contributed by atoms with Crippen molar-refractivity contribution in [3.05, 3.63) is 22.2 Å². The lowest BCUT2D eigenvalue weighted by atomic mass is 10.0. The summed E-state index contributed by atoms with van der Waals surface area (Å²) in [6, 6.07) is 1.83. The second kappa shape index (κ2) is 8.31. The van der Waals surface area contributed by atoms with Gasteiger partial charge >= 0.3 is 0 Å². The van der Waals surface area contributed by atoms with E-state index in [1.54, 1.807) is 0 Å². The van der Waals surface area contributed by atoms with Gasteiger partial charge in [0.05, 0.1) is 0 Å². The maximum Gasteiger partial charge on any atom is 0.280 e. The number of piperidine rings is 1. The second-order valence-electron chi connectivity index (χ2n) is 6.60. The molecule has 130 valence electrons. The minimum atomic E-state index is -0.256. The molecule has 2 rings (SSSR count). The fourth-order valence-electron chi connectivity index (χ4n) is 2.91. The molecule has 0 radical (unpaired) electrons. The maximum absolute atomic E-state index is 12.4. The molecule has 1 aromatic heterocycles. The molecule has 2 heterocycles. The third-order valence-corrected chi connectivity index (χ3v) is 4.43. The molecule has 1 N–H and O–H groups in total. The average molecular weight is 324 g/mol. The van der Waals surface area contributed by atoms with Gasteiger partial charge in [0.2, 0.25) is 5.91 Å². The van der Waals surface area contributed by atoms with Crippen LogP contribution in [0.5, 0.6) is 0 Å². The zero-order chi connectivity index (χ0) is 16.8. The Morgan fingerprint density at radius 3 is 2.83 bits per heavy atom. The molecule has 1 aromatic rings. The van der Waals surface area contributed by atoms with Crippen LogP contribution in [0.25, 0.3) is 0 Å². The number of nitrogens with one attached hydrogen (secondary N) is 1. The third kappa shape index (κ3) is 5.51. The molecule has 1 amide bonds. The first-order chi connectivity index (χ1) is 11.0. The predicted molar refractivity (Wildman–Crippen MR) is 88.4 cm³/mol. The SMILES string of the molecule is CN(C)CCN(C)C1CCCN(C(=O)CCc2cc(=O)[nH]o2)C1. The second-order valence-corrected chi connectivity index (χ2v) is 6.60. The van der Waals surface area contributed by atoms with E-state index in [9.17, 15) is 9.59 Å². The van der Waals surface area contributed by atoms with Crippen molar-refractivity contribution in [1.29, 1.82) is 0 Å². The number of aryl methyl sites for hydroxylation is 1. The van der Waals surface area contributed by atoms with E-state index in [2.05, 4.69) is 36.1 Å². The van der Waals surface area contributed by atoms with Crippen LogP contribution in [0.2, 0.25) is 0 Å². The Morgan fingerprint density at radius 1 is 1.39 bits per heavy atom. The maximum atomic E-state index is 12.4. The molecule has 1 saturated heterocycles. The Hall–Kier alpha value is -1.60. The van der Waals surface area contributed by atoms with Crippen molar-refractivity contribution in [3.8, 4) is 0 Å². The number of amides is 1. The summed E-state index contributed by atoms with van der Waals surface area (Å²) in [4.78, 5) is 29.9. The van der Waals surface area contributed by atoms with Gasteiger partial charge in [0, 0.05) is 51.1 Å². The molecule has 1 aliphatic heterocycles. The largest absolute Gasteiger partial charge is 0.384 e. The average Bonchev–Trinajstić information content (AvgIpc) is 2.95. The van der Waals surface area contributed by atoms with Crippen molar-refractivity contribution in [2.45, 2.75) is 31.7 Å². The van der Waals surface area contributed by atoms with Crippen molar-refractivity contribution in [2.75, 3.05) is 47.3 Å². The molecule has 0 bridgehead atoms. The Bertz CT molecular complexity index is 552. The highest BCUT2D eigenvalue weighted by molar-refractivity contribution is 5.76. The number of aromatic nitrogens is 1. The molecular weight excluding hydrogens is 296 g/mol. The summed E-state index contributed by atoms with van der Waals surface area (Å²) < 4.78 is 4.99. The van der Waals surface area contributed by atoms with Crippen LogP contribution in [0, 0.1) is 0 Å². The van der Waals surface area contributed by atoms with Crippen LogP contribution in [0.4, 0.5) is 0 Å². The van der Waals surface area contributed by atoms with Gasteiger partial charge in [-0.25, -0.2) is 0 Å². The van der Waals surface area contributed by atoms with Crippen LogP contribution in [0.1, 0.15) is 25.0 Å². The van der Waals surface area contributed by atoms with Crippen molar-refractivity contribution >= 4 is 5.91 Å². The molecule has 7 nitrogen and oxygen atoms in total. The van der Waals surface area contributed by atoms with Gasteiger partial charge in [-0.2, -0.15) is 5.16 Å². The summed E-state index contributed by atoms with van der Waals surface area (Å²) in [6.45, 7) is 3.65. The summed E-state index contributed by atoms with van der Waals surface area (Å²) >= 11 is 0. The molecule has 1 atom stereocenters. The zero-order valence-electron chi connectivity index (χ0n) is 14.4. The van der Waals surface area contributed by atoms with Gasteiger partial charge in [-0.1, -0.05) is 0 Å². The number of carbonyl (C=O) groups is 1. The highest BCUT2D eigenvalue weighted by Crippen LogP contribution is 2.16. The number of rotatable bonds is 7. The van der Waals surface area contributed by atoms with Gasteiger partial charge in [0.25, 0.3) is 5.56 Å². The Kier molecular flexibility index (Phi) is 6.41. The molecule has 1 fully saturated rings. The summed E-state index contributed by atoms with van der Waals surface area (Å²) in [7, 11) is 6.28. The number of hydrogen-bond acceptors (Lipinski definition) is 5. The van der Waals surface area contributed by atoms with Crippen LogP contribution in [-0.4, -0.2) is 79.1 Å². The minimum absolute atomic E-state index is 0.138. The summed E-state index contributed by atoms with van der Waals surface area (Å²) in [6.07, 6.45) is 3.03. The summed E-state index contributed by atoms with van der Waals surface area (Å²) in [5.41, 5.74) is -0.256. The number of H-pyrrole nitrogens is 1. The van der Waals surface area contributed by atoms with Gasteiger partial charge < -0.3 is 19.2 Å². The van der Waals surface area contributed by atoms with Gasteiger partial charge in [-0.05, 0) is 34.0 Å². The van der Waals surface area contributed by atoms with E-state index in [0.29, 0.717) is 24.6 Å². The van der Waals surface area contributed by atoms with E-state index < -0.39 is 0 Å². The molecule has 1 unspecified atom stereocenters. The Morgan fingerprint density at radius 2 is 2.17 bits per heavy atom. The standard InChI is InChI=1S/C16H28N4O3/c1-18(2)9-10-19(3)13-5-4-8-20(12-13)16(22)7-6-14-11-15(21)17-23-14/h11,13H,4-10,12H2,1-3H3,(H,17,21). The van der Waals surface area contributed by atoms with Crippen LogP contribution in [0.3, 0.4) is 0 Å². The fraction of sp³-hybridized carbons (Fsp3) is 0.750. The van der Waals surface area contributed by atoms with Gasteiger partial charge in [0.15, 0.2) is 0 Å². The first-order valence-corrected chi connectivity index (χ1v) is 8.26. The fourth-order valence-corrected chi connectivity index (χ4v) is 2.91. The van der Waals surface area contributed by atoms with Crippen LogP contribution >= 0.6 is 0 Å². The predicted octanol–water partition coefficient (Wildman–Crippen LogP) is 0.385. The molecule has 0 aromatic carbocycles. The molecule has 7 heteroatoms. The van der Waals surface area contributed by atoms with E-state index in [1.165, 1.54) is 6.07 Å². The van der Waals surface area contributed by atoms with E-state index in [1.807, 2.05) is 4.90 Å². The van der Waals surface area contributed by atoms with Crippen molar-refractivity contribution in [2.24, 2.45) is 0 Å². The van der Waals surface area contributed by atoms with Gasteiger partial charge in [0.1, 0.15) is 5.76 Å². The first kappa shape index (κ1) is 17.7. The molecule has 0 aliphatic carbocycles. The topological polar surface area (TPSA) is 72.8 Å². The Balaban J connectivity index is 1.80.